The minimum absolute atomic E-state index is 0.00411. The first-order valence-corrected chi connectivity index (χ1v) is 9.81. The number of rotatable bonds is 5. The minimum Gasteiger partial charge on any atom is -0.457 e. The number of aromatic nitrogens is 2. The predicted octanol–water partition coefficient (Wildman–Crippen LogP) is 4.71. The first kappa shape index (κ1) is 20.9. The molecule has 1 aliphatic heterocycles. The maximum atomic E-state index is 12.7. The quantitative estimate of drug-likeness (QED) is 0.586. The Morgan fingerprint density at radius 2 is 1.84 bits per heavy atom. The van der Waals surface area contributed by atoms with Crippen molar-refractivity contribution in [2.45, 2.75) is 38.9 Å². The number of nitrogens with zero attached hydrogens (tertiary/aromatic N) is 3. The number of halogens is 3. The van der Waals surface area contributed by atoms with Crippen LogP contribution in [-0.2, 0) is 30.4 Å². The molecule has 1 aromatic heterocycles. The van der Waals surface area contributed by atoms with Gasteiger partial charge in [-0.05, 0) is 53.9 Å². The standard InChI is InChI=1S/C22H20F3N3O3/c1-14-26-27-20(30-14)8-9-21(29)28-11-10-15-2-5-19(12-16(15)13-28)31-18-6-3-17(4-7-18)22(23,24)25/h2-7,12H,8-11,13H2,1H3. The lowest BCUT2D eigenvalue weighted by Gasteiger charge is -2.29. The van der Waals surface area contributed by atoms with Crippen LogP contribution in [0.3, 0.4) is 0 Å². The molecule has 0 unspecified atom stereocenters. The molecule has 2 heterocycles. The molecule has 0 aliphatic carbocycles. The Bertz CT molecular complexity index is 1080. The second kappa shape index (κ2) is 8.41. The lowest BCUT2D eigenvalue weighted by molar-refractivity contribution is -0.137. The Morgan fingerprint density at radius 1 is 1.10 bits per heavy atom. The van der Waals surface area contributed by atoms with Gasteiger partial charge in [-0.25, -0.2) is 0 Å². The van der Waals surface area contributed by atoms with Crippen LogP contribution < -0.4 is 4.74 Å². The molecular formula is C22H20F3N3O3. The van der Waals surface area contributed by atoms with Crippen molar-refractivity contribution < 1.29 is 27.1 Å². The van der Waals surface area contributed by atoms with Crippen molar-refractivity contribution in [1.82, 2.24) is 15.1 Å². The summed E-state index contributed by atoms with van der Waals surface area (Å²) in [5, 5.41) is 7.66. The highest BCUT2D eigenvalue weighted by Gasteiger charge is 2.30. The van der Waals surface area contributed by atoms with Crippen molar-refractivity contribution in [1.29, 1.82) is 0 Å². The molecule has 0 N–H and O–H groups in total. The van der Waals surface area contributed by atoms with Gasteiger partial charge in [0.2, 0.25) is 17.7 Å². The van der Waals surface area contributed by atoms with Crippen LogP contribution in [0, 0.1) is 6.92 Å². The summed E-state index contributed by atoms with van der Waals surface area (Å²) in [5.41, 5.74) is 1.35. The molecule has 0 bridgehead atoms. The maximum Gasteiger partial charge on any atom is 0.416 e. The van der Waals surface area contributed by atoms with E-state index in [1.54, 1.807) is 17.9 Å². The average Bonchev–Trinajstić information content (AvgIpc) is 3.16. The van der Waals surface area contributed by atoms with E-state index < -0.39 is 11.7 Å². The van der Waals surface area contributed by atoms with Gasteiger partial charge in [0, 0.05) is 32.9 Å². The van der Waals surface area contributed by atoms with Gasteiger partial charge in [-0.2, -0.15) is 13.2 Å². The number of carbonyl (C=O) groups excluding carboxylic acids is 1. The third kappa shape index (κ3) is 5.04. The molecule has 31 heavy (non-hydrogen) atoms. The molecule has 2 aromatic carbocycles. The lowest BCUT2D eigenvalue weighted by Crippen LogP contribution is -2.36. The number of amides is 1. The van der Waals surface area contributed by atoms with E-state index in [1.165, 1.54) is 12.1 Å². The van der Waals surface area contributed by atoms with Gasteiger partial charge in [0.05, 0.1) is 5.56 Å². The van der Waals surface area contributed by atoms with Crippen LogP contribution in [0.5, 0.6) is 11.5 Å². The largest absolute Gasteiger partial charge is 0.457 e. The van der Waals surface area contributed by atoms with Crippen LogP contribution in [0.15, 0.2) is 46.9 Å². The van der Waals surface area contributed by atoms with E-state index in [1.807, 2.05) is 12.1 Å². The zero-order valence-electron chi connectivity index (χ0n) is 16.8. The van der Waals surface area contributed by atoms with Crippen LogP contribution in [0.1, 0.15) is 34.9 Å². The van der Waals surface area contributed by atoms with Crippen molar-refractivity contribution >= 4 is 5.91 Å². The van der Waals surface area contributed by atoms with Crippen molar-refractivity contribution in [3.05, 3.63) is 70.9 Å². The molecule has 0 radical (unpaired) electrons. The van der Waals surface area contributed by atoms with E-state index in [9.17, 15) is 18.0 Å². The van der Waals surface area contributed by atoms with E-state index in [-0.39, 0.29) is 12.3 Å². The van der Waals surface area contributed by atoms with Gasteiger partial charge in [0.1, 0.15) is 11.5 Å². The van der Waals surface area contributed by atoms with Crippen molar-refractivity contribution in [2.24, 2.45) is 0 Å². The molecule has 0 saturated heterocycles. The summed E-state index contributed by atoms with van der Waals surface area (Å²) in [4.78, 5) is 14.4. The molecule has 1 amide bonds. The van der Waals surface area contributed by atoms with Crippen molar-refractivity contribution in [3.63, 3.8) is 0 Å². The second-order valence-corrected chi connectivity index (χ2v) is 7.33. The number of alkyl halides is 3. The summed E-state index contributed by atoms with van der Waals surface area (Å²) in [6.45, 7) is 2.76. The summed E-state index contributed by atoms with van der Waals surface area (Å²) in [5.74, 6) is 1.72. The summed E-state index contributed by atoms with van der Waals surface area (Å²) >= 11 is 0. The second-order valence-electron chi connectivity index (χ2n) is 7.33. The molecule has 3 aromatic rings. The fourth-order valence-corrected chi connectivity index (χ4v) is 3.47. The monoisotopic (exact) mass is 431 g/mol. The zero-order chi connectivity index (χ0) is 22.0. The smallest absolute Gasteiger partial charge is 0.416 e. The molecule has 9 heteroatoms. The van der Waals surface area contributed by atoms with Crippen LogP contribution in [0.4, 0.5) is 13.2 Å². The number of benzene rings is 2. The number of fused-ring (bicyclic) bond motifs is 1. The molecule has 4 rings (SSSR count). The Hall–Kier alpha value is -3.36. The number of hydrogen-bond donors (Lipinski definition) is 0. The Morgan fingerprint density at radius 3 is 2.52 bits per heavy atom. The zero-order valence-corrected chi connectivity index (χ0v) is 16.8. The summed E-state index contributed by atoms with van der Waals surface area (Å²) < 4.78 is 49.1. The first-order valence-electron chi connectivity index (χ1n) is 9.81. The van der Waals surface area contributed by atoms with E-state index in [2.05, 4.69) is 10.2 Å². The van der Waals surface area contributed by atoms with Crippen molar-refractivity contribution in [2.75, 3.05) is 6.54 Å². The third-order valence-electron chi connectivity index (χ3n) is 5.08. The predicted molar refractivity (Wildman–Crippen MR) is 104 cm³/mol. The fraction of sp³-hybridized carbons (Fsp3) is 0.318. The van der Waals surface area contributed by atoms with Gasteiger partial charge >= 0.3 is 6.18 Å². The van der Waals surface area contributed by atoms with E-state index in [0.717, 1.165) is 29.7 Å². The normalized spacial score (nSPS) is 13.7. The summed E-state index contributed by atoms with van der Waals surface area (Å²) in [6.07, 6.45) is -3.00. The topological polar surface area (TPSA) is 68.5 Å². The van der Waals surface area contributed by atoms with E-state index >= 15 is 0 Å². The number of hydrogen-bond acceptors (Lipinski definition) is 5. The Balaban J connectivity index is 1.39. The molecule has 0 saturated carbocycles. The van der Waals surface area contributed by atoms with E-state index in [0.29, 0.717) is 42.8 Å². The third-order valence-corrected chi connectivity index (χ3v) is 5.08. The number of ether oxygens (including phenoxy) is 1. The van der Waals surface area contributed by atoms with Gasteiger partial charge in [-0.15, -0.1) is 10.2 Å². The van der Waals surface area contributed by atoms with Crippen LogP contribution in [0.2, 0.25) is 0 Å². The molecule has 0 fully saturated rings. The van der Waals surface area contributed by atoms with E-state index in [4.69, 9.17) is 9.15 Å². The molecule has 0 atom stereocenters. The van der Waals surface area contributed by atoms with Crippen LogP contribution in [0.25, 0.3) is 0 Å². The SMILES string of the molecule is Cc1nnc(CCC(=O)N2CCc3ccc(Oc4ccc(C(F)(F)F)cc4)cc3C2)o1. The molecular weight excluding hydrogens is 411 g/mol. The highest BCUT2D eigenvalue weighted by atomic mass is 19.4. The molecule has 6 nitrogen and oxygen atoms in total. The van der Waals surface area contributed by atoms with Gasteiger partial charge < -0.3 is 14.1 Å². The summed E-state index contributed by atoms with van der Waals surface area (Å²) in [6, 6.07) is 10.1. The highest BCUT2D eigenvalue weighted by molar-refractivity contribution is 5.76. The van der Waals surface area contributed by atoms with Gasteiger partial charge in [-0.3, -0.25) is 4.79 Å². The van der Waals surface area contributed by atoms with Gasteiger partial charge in [0.25, 0.3) is 0 Å². The van der Waals surface area contributed by atoms with Crippen molar-refractivity contribution in [3.8, 4) is 11.5 Å². The van der Waals surface area contributed by atoms with Crippen LogP contribution in [-0.4, -0.2) is 27.5 Å². The number of aryl methyl sites for hydroxylation is 2. The molecule has 0 spiro atoms. The number of carbonyl (C=O) groups is 1. The highest BCUT2D eigenvalue weighted by Crippen LogP contribution is 2.32. The van der Waals surface area contributed by atoms with Gasteiger partial charge in [0.15, 0.2) is 0 Å². The molecule has 1 aliphatic rings. The average molecular weight is 431 g/mol. The van der Waals surface area contributed by atoms with Gasteiger partial charge in [-0.1, -0.05) is 6.07 Å². The summed E-state index contributed by atoms with van der Waals surface area (Å²) in [7, 11) is 0. The van der Waals surface area contributed by atoms with Crippen LogP contribution >= 0.6 is 0 Å². The molecule has 162 valence electrons. The lowest BCUT2D eigenvalue weighted by atomic mass is 9.99. The maximum absolute atomic E-state index is 12.7. The first-order chi connectivity index (χ1) is 14.8. The minimum atomic E-state index is -4.39. The Kier molecular flexibility index (Phi) is 5.67. The Labute approximate surface area is 176 Å². The fourth-order valence-electron chi connectivity index (χ4n) is 3.47.